The molecule has 2 aliphatic heterocycles. The molecule has 6 nitrogen and oxygen atoms in total. The zero-order valence-electron chi connectivity index (χ0n) is 21.8. The predicted octanol–water partition coefficient (Wildman–Crippen LogP) is 5.92. The highest BCUT2D eigenvalue weighted by Gasteiger charge is 2.61. The van der Waals surface area contributed by atoms with Crippen molar-refractivity contribution >= 4 is 44.8 Å². The first kappa shape index (κ1) is 26.0. The van der Waals surface area contributed by atoms with E-state index in [1.165, 1.54) is 17.0 Å². The third-order valence-electron chi connectivity index (χ3n) is 7.69. The Hall–Kier alpha value is -4.20. The summed E-state index contributed by atoms with van der Waals surface area (Å²) >= 11 is 6.19. The van der Waals surface area contributed by atoms with Gasteiger partial charge in [-0.15, -0.1) is 0 Å². The number of halogens is 1. The Labute approximate surface area is 238 Å². The zero-order chi connectivity index (χ0) is 28.2. The molecule has 0 saturated carbocycles. The molecule has 2 atom stereocenters. The van der Waals surface area contributed by atoms with Crippen molar-refractivity contribution in [1.82, 2.24) is 4.31 Å². The lowest BCUT2D eigenvalue weighted by molar-refractivity contribution is -0.133. The molecule has 8 heteroatoms. The fourth-order valence-electron chi connectivity index (χ4n) is 5.76. The van der Waals surface area contributed by atoms with Crippen molar-refractivity contribution in [2.24, 2.45) is 0 Å². The first-order valence-corrected chi connectivity index (χ1v) is 14.6. The van der Waals surface area contributed by atoms with Crippen molar-refractivity contribution in [2.75, 3.05) is 11.9 Å². The maximum absolute atomic E-state index is 14.8. The number of hydrogen-bond donors (Lipinski definition) is 0. The minimum Gasteiger partial charge on any atom is -0.314 e. The third kappa shape index (κ3) is 3.80. The van der Waals surface area contributed by atoms with E-state index in [1.54, 1.807) is 73.8 Å². The van der Waals surface area contributed by atoms with Gasteiger partial charge in [0.15, 0.2) is 0 Å². The van der Waals surface area contributed by atoms with Gasteiger partial charge in [-0.3, -0.25) is 9.59 Å². The van der Waals surface area contributed by atoms with Crippen LogP contribution in [0.25, 0.3) is 5.70 Å². The molecule has 40 heavy (non-hydrogen) atoms. The van der Waals surface area contributed by atoms with Gasteiger partial charge in [-0.25, -0.2) is 12.7 Å². The molecule has 2 heterocycles. The molecule has 0 aliphatic carbocycles. The van der Waals surface area contributed by atoms with Gasteiger partial charge in [0.2, 0.25) is 11.8 Å². The Balaban J connectivity index is 1.71. The average Bonchev–Trinajstić information content (AvgIpc) is 3.16. The molecule has 0 bridgehead atoms. The molecule has 4 aromatic carbocycles. The van der Waals surface area contributed by atoms with E-state index in [1.807, 2.05) is 37.3 Å². The predicted molar refractivity (Wildman–Crippen MR) is 155 cm³/mol. The summed E-state index contributed by atoms with van der Waals surface area (Å²) in [4.78, 5) is 30.6. The molecule has 2 aliphatic rings. The standard InChI is InChI=1S/C32H25ClN2O4S/c1-21-12-18-25(19-13-21)40(38,39)35-28(22-8-4-3-5-9-22)20-32(26-10-6-7-11-27(26)34(2)31(32)37)29(30(35)36)23-14-16-24(33)17-15-23/h3-20,29H,1-2H3. The number of hydrogen-bond acceptors (Lipinski definition) is 4. The molecule has 0 N–H and O–H groups in total. The van der Waals surface area contributed by atoms with E-state index in [0.717, 1.165) is 9.87 Å². The van der Waals surface area contributed by atoms with Gasteiger partial charge in [0.05, 0.1) is 16.5 Å². The summed E-state index contributed by atoms with van der Waals surface area (Å²) in [6.07, 6.45) is 1.67. The summed E-state index contributed by atoms with van der Waals surface area (Å²) in [6.45, 7) is 1.86. The second-order valence-electron chi connectivity index (χ2n) is 10.1. The normalized spacial score (nSPS) is 20.6. The summed E-state index contributed by atoms with van der Waals surface area (Å²) < 4.78 is 29.4. The summed E-state index contributed by atoms with van der Waals surface area (Å²) in [5.41, 5.74) is 1.82. The largest absolute Gasteiger partial charge is 0.314 e. The van der Waals surface area contributed by atoms with Gasteiger partial charge < -0.3 is 4.90 Å². The number of sulfonamides is 1. The smallest absolute Gasteiger partial charge is 0.270 e. The number of carbonyl (C=O) groups is 2. The number of rotatable bonds is 4. The van der Waals surface area contributed by atoms with Crippen molar-refractivity contribution in [2.45, 2.75) is 23.2 Å². The van der Waals surface area contributed by atoms with E-state index in [0.29, 0.717) is 27.4 Å². The van der Waals surface area contributed by atoms with Crippen LogP contribution in [-0.2, 0) is 25.0 Å². The van der Waals surface area contributed by atoms with Crippen LogP contribution in [0, 0.1) is 6.92 Å². The van der Waals surface area contributed by atoms with Gasteiger partial charge in [0, 0.05) is 17.8 Å². The molecule has 2 unspecified atom stereocenters. The number of likely N-dealkylation sites (N-methyl/N-ethyl adjacent to an activating group) is 1. The van der Waals surface area contributed by atoms with E-state index in [4.69, 9.17) is 11.6 Å². The second-order valence-corrected chi connectivity index (χ2v) is 12.3. The van der Waals surface area contributed by atoms with Crippen LogP contribution >= 0.6 is 11.6 Å². The van der Waals surface area contributed by atoms with Crippen LogP contribution in [0.5, 0.6) is 0 Å². The number of benzene rings is 4. The van der Waals surface area contributed by atoms with E-state index in [9.17, 15) is 18.0 Å². The SMILES string of the molecule is Cc1ccc(S(=O)(=O)N2C(=O)C(c3ccc(Cl)cc3)C3(C=C2c2ccccc2)C(=O)N(C)c2ccccc23)cc1. The molecule has 1 spiro atoms. The molecule has 0 saturated heterocycles. The number of anilines is 1. The molecule has 4 aromatic rings. The van der Waals surface area contributed by atoms with Gasteiger partial charge in [0.25, 0.3) is 10.0 Å². The molecule has 6 rings (SSSR count). The number of amides is 2. The fourth-order valence-corrected chi connectivity index (χ4v) is 7.33. The summed E-state index contributed by atoms with van der Waals surface area (Å²) in [5, 5.41) is 0.459. The van der Waals surface area contributed by atoms with Gasteiger partial charge in [0.1, 0.15) is 5.41 Å². The molecule has 2 amide bonds. The van der Waals surface area contributed by atoms with Crippen LogP contribution in [0.1, 0.15) is 28.2 Å². The monoisotopic (exact) mass is 568 g/mol. The van der Waals surface area contributed by atoms with E-state index in [2.05, 4.69) is 0 Å². The maximum atomic E-state index is 14.8. The maximum Gasteiger partial charge on any atom is 0.270 e. The quantitative estimate of drug-likeness (QED) is 0.306. The van der Waals surface area contributed by atoms with Crippen molar-refractivity contribution in [1.29, 1.82) is 0 Å². The lowest BCUT2D eigenvalue weighted by Gasteiger charge is -2.42. The van der Waals surface area contributed by atoms with Crippen molar-refractivity contribution in [3.63, 3.8) is 0 Å². The van der Waals surface area contributed by atoms with Crippen molar-refractivity contribution < 1.29 is 18.0 Å². The number of carbonyl (C=O) groups excluding carboxylic acids is 2. The summed E-state index contributed by atoms with van der Waals surface area (Å²) in [7, 11) is -2.69. The molecule has 0 radical (unpaired) electrons. The molecule has 0 aromatic heterocycles. The minimum atomic E-state index is -4.36. The minimum absolute atomic E-state index is 0.0191. The van der Waals surface area contributed by atoms with Crippen molar-refractivity contribution in [3.05, 3.63) is 136 Å². The Bertz CT molecular complexity index is 1790. The van der Waals surface area contributed by atoms with E-state index in [-0.39, 0.29) is 16.5 Å². The van der Waals surface area contributed by atoms with Gasteiger partial charge in [-0.1, -0.05) is 90.0 Å². The van der Waals surface area contributed by atoms with E-state index < -0.39 is 27.3 Å². The summed E-state index contributed by atoms with van der Waals surface area (Å²) in [5.74, 6) is -2.21. The second kappa shape index (κ2) is 9.47. The van der Waals surface area contributed by atoms with Crippen LogP contribution in [0.4, 0.5) is 5.69 Å². The molecule has 200 valence electrons. The first-order valence-electron chi connectivity index (χ1n) is 12.7. The van der Waals surface area contributed by atoms with Crippen LogP contribution in [0.15, 0.2) is 114 Å². The Morgan fingerprint density at radius 3 is 2.10 bits per heavy atom. The van der Waals surface area contributed by atoms with Crippen LogP contribution in [0.2, 0.25) is 5.02 Å². The lowest BCUT2D eigenvalue weighted by atomic mass is 9.65. The fraction of sp³-hybridized carbons (Fsp3) is 0.125. The highest BCUT2D eigenvalue weighted by molar-refractivity contribution is 7.90. The van der Waals surface area contributed by atoms with Gasteiger partial charge >= 0.3 is 0 Å². The Morgan fingerprint density at radius 1 is 0.800 bits per heavy atom. The topological polar surface area (TPSA) is 74.8 Å². The first-order chi connectivity index (χ1) is 19.2. The van der Waals surface area contributed by atoms with Gasteiger partial charge in [-0.2, -0.15) is 0 Å². The lowest BCUT2D eigenvalue weighted by Crippen LogP contribution is -2.53. The number of nitrogens with zero attached hydrogens (tertiary/aromatic N) is 2. The third-order valence-corrected chi connectivity index (χ3v) is 9.66. The van der Waals surface area contributed by atoms with Crippen LogP contribution < -0.4 is 4.90 Å². The zero-order valence-corrected chi connectivity index (χ0v) is 23.4. The molecular weight excluding hydrogens is 544 g/mol. The van der Waals surface area contributed by atoms with Gasteiger partial charge in [-0.05, 0) is 60.0 Å². The average molecular weight is 569 g/mol. The molecule has 0 fully saturated rings. The number of para-hydroxylation sites is 1. The van der Waals surface area contributed by atoms with Crippen molar-refractivity contribution in [3.8, 4) is 0 Å². The van der Waals surface area contributed by atoms with Crippen LogP contribution in [-0.4, -0.2) is 31.6 Å². The number of aryl methyl sites for hydroxylation is 1. The Morgan fingerprint density at radius 2 is 1.43 bits per heavy atom. The number of fused-ring (bicyclic) bond motifs is 2. The highest BCUT2D eigenvalue weighted by atomic mass is 35.5. The summed E-state index contributed by atoms with van der Waals surface area (Å²) in [6, 6.07) is 29.1. The molecular formula is C32H25ClN2O4S. The van der Waals surface area contributed by atoms with E-state index >= 15 is 0 Å². The van der Waals surface area contributed by atoms with Crippen LogP contribution in [0.3, 0.4) is 0 Å². The Kier molecular flexibility index (Phi) is 6.16. The highest BCUT2D eigenvalue weighted by Crippen LogP contribution is 2.55.